The van der Waals surface area contributed by atoms with E-state index in [1.807, 2.05) is 25.1 Å². The van der Waals surface area contributed by atoms with Gasteiger partial charge in [0.2, 0.25) is 0 Å². The predicted octanol–water partition coefficient (Wildman–Crippen LogP) is 4.55. The number of carbonyl (C=O) groups excluding carboxylic acids is 1. The molecule has 3 rings (SSSR count). The van der Waals surface area contributed by atoms with Gasteiger partial charge in [-0.2, -0.15) is 0 Å². The highest BCUT2D eigenvalue weighted by molar-refractivity contribution is 5.90. The maximum Gasteiger partial charge on any atom is 0.319 e. The van der Waals surface area contributed by atoms with Crippen molar-refractivity contribution in [3.63, 3.8) is 0 Å². The number of hydrogen-bond acceptors (Lipinski definition) is 1. The molecule has 1 aliphatic rings. The van der Waals surface area contributed by atoms with E-state index >= 15 is 0 Å². The smallest absolute Gasteiger partial charge is 0.319 e. The molecule has 2 amide bonds. The van der Waals surface area contributed by atoms with Crippen molar-refractivity contribution in [1.29, 1.82) is 0 Å². The lowest BCUT2D eigenvalue weighted by Gasteiger charge is -2.42. The molecule has 1 saturated carbocycles. The highest BCUT2D eigenvalue weighted by Gasteiger charge is 2.38. The van der Waals surface area contributed by atoms with E-state index in [2.05, 4.69) is 47.9 Å². The molecule has 0 bridgehead atoms. The molecule has 2 aromatic carbocycles. The highest BCUT2D eigenvalue weighted by atomic mass is 16.2. The molecule has 0 spiro atoms. The minimum Gasteiger partial charge on any atom is -0.337 e. The van der Waals surface area contributed by atoms with E-state index in [9.17, 15) is 4.79 Å². The van der Waals surface area contributed by atoms with Crippen molar-refractivity contribution in [2.45, 2.75) is 38.5 Å². The number of carbonyl (C=O) groups is 1. The first-order chi connectivity index (χ1) is 11.1. The summed E-state index contributed by atoms with van der Waals surface area (Å²) in [6.07, 6.45) is 3.51. The monoisotopic (exact) mass is 308 g/mol. The van der Waals surface area contributed by atoms with Crippen LogP contribution in [-0.2, 0) is 5.41 Å². The van der Waals surface area contributed by atoms with Gasteiger partial charge in [0.05, 0.1) is 0 Å². The molecule has 0 unspecified atom stereocenters. The summed E-state index contributed by atoms with van der Waals surface area (Å²) in [4.78, 5) is 12.3. The second kappa shape index (κ2) is 6.45. The molecule has 0 heterocycles. The van der Waals surface area contributed by atoms with Crippen molar-refractivity contribution in [2.75, 3.05) is 11.9 Å². The molecule has 0 saturated heterocycles. The molecule has 0 radical (unpaired) electrons. The van der Waals surface area contributed by atoms with Crippen LogP contribution in [-0.4, -0.2) is 12.6 Å². The second-order valence-corrected chi connectivity index (χ2v) is 6.56. The van der Waals surface area contributed by atoms with Crippen LogP contribution < -0.4 is 10.6 Å². The Hall–Kier alpha value is -2.29. The van der Waals surface area contributed by atoms with Crippen LogP contribution in [0.1, 0.15) is 36.0 Å². The molecule has 0 atom stereocenters. The second-order valence-electron chi connectivity index (χ2n) is 6.56. The third-order valence-electron chi connectivity index (χ3n) is 5.14. The zero-order chi connectivity index (χ0) is 16.3. The molecular formula is C20H24N2O. The lowest BCUT2D eigenvalue weighted by molar-refractivity contribution is 0.222. The van der Waals surface area contributed by atoms with Gasteiger partial charge in [0.1, 0.15) is 0 Å². The summed E-state index contributed by atoms with van der Waals surface area (Å²) in [6, 6.07) is 16.4. The fraction of sp³-hybridized carbons (Fsp3) is 0.350. The van der Waals surface area contributed by atoms with Gasteiger partial charge in [-0.3, -0.25) is 0 Å². The molecule has 3 heteroatoms. The van der Waals surface area contributed by atoms with Gasteiger partial charge in [0.25, 0.3) is 0 Å². The molecule has 120 valence electrons. The Labute approximate surface area is 138 Å². The number of amides is 2. The summed E-state index contributed by atoms with van der Waals surface area (Å²) in [7, 11) is 0. The van der Waals surface area contributed by atoms with Crippen LogP contribution in [0.4, 0.5) is 10.5 Å². The standard InChI is InChI=1S/C20H24N2O/c1-15-8-6-11-18(16(15)2)22-19(23)21-14-20(12-7-13-20)17-9-4-3-5-10-17/h3-6,8-11H,7,12-14H2,1-2H3,(H2,21,22,23). The lowest BCUT2D eigenvalue weighted by atomic mass is 9.64. The largest absolute Gasteiger partial charge is 0.337 e. The van der Waals surface area contributed by atoms with E-state index in [4.69, 9.17) is 0 Å². The van der Waals surface area contributed by atoms with Crippen molar-refractivity contribution in [2.24, 2.45) is 0 Å². The van der Waals surface area contributed by atoms with E-state index in [0.717, 1.165) is 24.1 Å². The van der Waals surface area contributed by atoms with E-state index in [1.54, 1.807) is 0 Å². The van der Waals surface area contributed by atoms with Crippen LogP contribution in [0.2, 0.25) is 0 Å². The van der Waals surface area contributed by atoms with Gasteiger partial charge >= 0.3 is 6.03 Å². The molecule has 1 fully saturated rings. The average Bonchev–Trinajstić information content (AvgIpc) is 2.52. The number of urea groups is 1. The summed E-state index contributed by atoms with van der Waals surface area (Å²) in [5.74, 6) is 0. The van der Waals surface area contributed by atoms with Gasteiger partial charge in [-0.15, -0.1) is 0 Å². The summed E-state index contributed by atoms with van der Waals surface area (Å²) in [5, 5.41) is 6.04. The first-order valence-corrected chi connectivity index (χ1v) is 8.27. The van der Waals surface area contributed by atoms with Gasteiger partial charge in [0.15, 0.2) is 0 Å². The number of rotatable bonds is 4. The molecule has 2 N–H and O–H groups in total. The molecule has 2 aromatic rings. The maximum absolute atomic E-state index is 12.3. The summed E-state index contributed by atoms with van der Waals surface area (Å²) < 4.78 is 0. The van der Waals surface area contributed by atoms with E-state index in [1.165, 1.54) is 17.5 Å². The third-order valence-corrected chi connectivity index (χ3v) is 5.14. The Morgan fingerprint density at radius 2 is 1.78 bits per heavy atom. The number of benzene rings is 2. The minimum absolute atomic E-state index is 0.111. The average molecular weight is 308 g/mol. The topological polar surface area (TPSA) is 41.1 Å². The molecule has 1 aliphatic carbocycles. The first-order valence-electron chi connectivity index (χ1n) is 8.27. The Bertz CT molecular complexity index is 690. The molecule has 0 aliphatic heterocycles. The fourth-order valence-electron chi connectivity index (χ4n) is 3.27. The van der Waals surface area contributed by atoms with Crippen LogP contribution in [0.5, 0.6) is 0 Å². The number of hydrogen-bond donors (Lipinski definition) is 2. The normalized spacial score (nSPS) is 15.6. The van der Waals surface area contributed by atoms with E-state index in [-0.39, 0.29) is 11.4 Å². The van der Waals surface area contributed by atoms with Crippen LogP contribution >= 0.6 is 0 Å². The van der Waals surface area contributed by atoms with Gasteiger partial charge in [-0.1, -0.05) is 48.9 Å². The zero-order valence-corrected chi connectivity index (χ0v) is 13.9. The molecule has 3 nitrogen and oxygen atoms in total. The zero-order valence-electron chi connectivity index (χ0n) is 13.9. The summed E-state index contributed by atoms with van der Waals surface area (Å²) >= 11 is 0. The quantitative estimate of drug-likeness (QED) is 0.855. The van der Waals surface area contributed by atoms with Crippen molar-refractivity contribution >= 4 is 11.7 Å². The third kappa shape index (κ3) is 3.24. The van der Waals surface area contributed by atoms with Crippen molar-refractivity contribution < 1.29 is 4.79 Å². The minimum atomic E-state index is -0.124. The van der Waals surface area contributed by atoms with Crippen molar-refractivity contribution in [1.82, 2.24) is 5.32 Å². The molecule has 23 heavy (non-hydrogen) atoms. The van der Waals surface area contributed by atoms with E-state index in [0.29, 0.717) is 6.54 Å². The Morgan fingerprint density at radius 3 is 2.43 bits per heavy atom. The molecular weight excluding hydrogens is 284 g/mol. The van der Waals surface area contributed by atoms with Gasteiger partial charge in [-0.25, -0.2) is 4.79 Å². The maximum atomic E-state index is 12.3. The van der Waals surface area contributed by atoms with Crippen LogP contribution in [0, 0.1) is 13.8 Å². The number of aryl methyl sites for hydroxylation is 1. The fourth-order valence-corrected chi connectivity index (χ4v) is 3.27. The van der Waals surface area contributed by atoms with Crippen LogP contribution in [0.3, 0.4) is 0 Å². The van der Waals surface area contributed by atoms with Crippen LogP contribution in [0.25, 0.3) is 0 Å². The highest BCUT2D eigenvalue weighted by Crippen LogP contribution is 2.43. The van der Waals surface area contributed by atoms with Gasteiger partial charge in [-0.05, 0) is 49.4 Å². The molecule has 0 aromatic heterocycles. The Kier molecular flexibility index (Phi) is 4.37. The van der Waals surface area contributed by atoms with Crippen molar-refractivity contribution in [3.05, 3.63) is 65.2 Å². The Morgan fingerprint density at radius 1 is 1.04 bits per heavy atom. The van der Waals surface area contributed by atoms with E-state index < -0.39 is 0 Å². The predicted molar refractivity (Wildman–Crippen MR) is 94.9 cm³/mol. The number of anilines is 1. The van der Waals surface area contributed by atoms with Gasteiger partial charge < -0.3 is 10.6 Å². The lowest BCUT2D eigenvalue weighted by Crippen LogP contribution is -2.46. The van der Waals surface area contributed by atoms with Crippen LogP contribution in [0.15, 0.2) is 48.5 Å². The SMILES string of the molecule is Cc1cccc(NC(=O)NCC2(c3ccccc3)CCC2)c1C. The van der Waals surface area contributed by atoms with Gasteiger partial charge in [0, 0.05) is 17.6 Å². The summed E-state index contributed by atoms with van der Waals surface area (Å²) in [5.41, 5.74) is 4.62. The van der Waals surface area contributed by atoms with Crippen molar-refractivity contribution in [3.8, 4) is 0 Å². The Balaban J connectivity index is 1.63. The number of nitrogens with one attached hydrogen (secondary N) is 2. The first kappa shape index (κ1) is 15.6. The summed E-state index contributed by atoms with van der Waals surface area (Å²) in [6.45, 7) is 4.77.